The van der Waals surface area contributed by atoms with Crippen LogP contribution in [0.15, 0.2) is 11.6 Å². The van der Waals surface area contributed by atoms with E-state index < -0.39 is 0 Å². The molecular weight excluding hydrogens is 216 g/mol. The third-order valence-corrected chi connectivity index (χ3v) is 3.52. The van der Waals surface area contributed by atoms with Gasteiger partial charge in [-0.25, -0.2) is 0 Å². The van der Waals surface area contributed by atoms with Crippen molar-refractivity contribution < 1.29 is 0 Å². The van der Waals surface area contributed by atoms with Gasteiger partial charge in [-0.3, -0.25) is 0 Å². The summed E-state index contributed by atoms with van der Waals surface area (Å²) in [6, 6.07) is 0. The fourth-order valence-corrected chi connectivity index (χ4v) is 1.78. The van der Waals surface area contributed by atoms with E-state index >= 15 is 0 Å². The molecule has 0 aliphatic rings. The lowest BCUT2D eigenvalue weighted by molar-refractivity contribution is 0.479. The van der Waals surface area contributed by atoms with E-state index in [1.165, 1.54) is 44.1 Å². The number of hydrogen-bond donors (Lipinski definition) is 0. The first kappa shape index (κ1) is 17.3. The summed E-state index contributed by atoms with van der Waals surface area (Å²) in [6.07, 6.45) is 11.0. The molecule has 0 heterocycles. The van der Waals surface area contributed by atoms with Crippen molar-refractivity contribution in [3.63, 3.8) is 0 Å². The predicted molar refractivity (Wildman–Crippen MR) is 83.5 cm³/mol. The zero-order valence-corrected chi connectivity index (χ0v) is 13.2. The number of rotatable bonds is 8. The first-order valence-corrected chi connectivity index (χ1v) is 7.74. The second kappa shape index (κ2) is 11.4. The molecular formula is C18H32. The maximum atomic E-state index is 3.38. The molecule has 18 heavy (non-hydrogen) atoms. The average Bonchev–Trinajstić information content (AvgIpc) is 2.38. The molecule has 0 aromatic heterocycles. The van der Waals surface area contributed by atoms with Crippen molar-refractivity contribution >= 4 is 0 Å². The summed E-state index contributed by atoms with van der Waals surface area (Å²) in [5.41, 5.74) is 1.52. The van der Waals surface area contributed by atoms with Gasteiger partial charge >= 0.3 is 0 Å². The Morgan fingerprint density at radius 3 is 2.50 bits per heavy atom. The molecule has 0 heteroatoms. The molecule has 0 aliphatic carbocycles. The minimum Gasteiger partial charge on any atom is -0.103 e. The lowest BCUT2D eigenvalue weighted by Gasteiger charge is -2.10. The third-order valence-electron chi connectivity index (χ3n) is 3.52. The number of allylic oxidation sites excluding steroid dienone is 2. The van der Waals surface area contributed by atoms with Gasteiger partial charge in [0.15, 0.2) is 0 Å². The minimum atomic E-state index is 0.570. The Balaban J connectivity index is 3.76. The van der Waals surface area contributed by atoms with Crippen molar-refractivity contribution in [3.8, 4) is 11.8 Å². The highest BCUT2D eigenvalue weighted by atomic mass is 14.1. The molecule has 0 N–H and O–H groups in total. The molecule has 2 unspecified atom stereocenters. The molecule has 0 spiro atoms. The Hall–Kier alpha value is -0.700. The maximum absolute atomic E-state index is 3.38. The van der Waals surface area contributed by atoms with Gasteiger partial charge in [0, 0.05) is 12.3 Å². The van der Waals surface area contributed by atoms with Gasteiger partial charge in [-0.05, 0) is 44.9 Å². The second-order valence-electron chi connectivity index (χ2n) is 5.65. The van der Waals surface area contributed by atoms with Gasteiger partial charge in [0.05, 0.1) is 0 Å². The maximum Gasteiger partial charge on any atom is 0.0174 e. The fourth-order valence-electron chi connectivity index (χ4n) is 1.78. The average molecular weight is 248 g/mol. The first-order chi connectivity index (χ1) is 8.60. The summed E-state index contributed by atoms with van der Waals surface area (Å²) in [5, 5.41) is 0. The van der Waals surface area contributed by atoms with E-state index in [9.17, 15) is 0 Å². The topological polar surface area (TPSA) is 0 Å². The van der Waals surface area contributed by atoms with Gasteiger partial charge in [0.25, 0.3) is 0 Å². The van der Waals surface area contributed by atoms with Crippen LogP contribution in [0.5, 0.6) is 0 Å². The Kier molecular flexibility index (Phi) is 11.0. The fraction of sp³-hybridized carbons (Fsp3) is 0.778. The van der Waals surface area contributed by atoms with Crippen molar-refractivity contribution in [2.45, 2.75) is 79.6 Å². The standard InChI is InChI=1S/C18H32/c1-6-8-9-10-11-17(4)14-15-18(5)13-12-16(3)7-2/h12,17-18H,6-9,13-15H2,1-5H3. The van der Waals surface area contributed by atoms with Crippen molar-refractivity contribution in [1.29, 1.82) is 0 Å². The molecule has 0 amide bonds. The Morgan fingerprint density at radius 1 is 1.17 bits per heavy atom. The van der Waals surface area contributed by atoms with Gasteiger partial charge in [-0.15, -0.1) is 11.8 Å². The van der Waals surface area contributed by atoms with Crippen LogP contribution >= 0.6 is 0 Å². The van der Waals surface area contributed by atoms with E-state index in [1.54, 1.807) is 0 Å². The van der Waals surface area contributed by atoms with Crippen LogP contribution in [0.3, 0.4) is 0 Å². The lowest BCUT2D eigenvalue weighted by Crippen LogP contribution is -1.98. The monoisotopic (exact) mass is 248 g/mol. The van der Waals surface area contributed by atoms with Crippen LogP contribution in [0.4, 0.5) is 0 Å². The van der Waals surface area contributed by atoms with Crippen LogP contribution in [-0.4, -0.2) is 0 Å². The number of hydrogen-bond acceptors (Lipinski definition) is 0. The zero-order valence-electron chi connectivity index (χ0n) is 13.2. The SMILES string of the molecule is CCCCC#CC(C)CCC(C)CC=C(C)CC. The molecule has 0 radical (unpaired) electrons. The molecule has 0 rings (SSSR count). The summed E-state index contributed by atoms with van der Waals surface area (Å²) in [5.74, 6) is 8.06. The largest absolute Gasteiger partial charge is 0.103 e. The molecule has 0 bridgehead atoms. The molecule has 0 saturated carbocycles. The van der Waals surface area contributed by atoms with Gasteiger partial charge in [0.1, 0.15) is 0 Å². The summed E-state index contributed by atoms with van der Waals surface area (Å²) in [6.45, 7) is 11.3. The quantitative estimate of drug-likeness (QED) is 0.281. The van der Waals surface area contributed by atoms with Crippen LogP contribution in [0.2, 0.25) is 0 Å². The van der Waals surface area contributed by atoms with E-state index in [0.29, 0.717) is 5.92 Å². The van der Waals surface area contributed by atoms with Crippen LogP contribution in [0.1, 0.15) is 79.6 Å². The van der Waals surface area contributed by atoms with Crippen molar-refractivity contribution in [3.05, 3.63) is 11.6 Å². The summed E-state index contributed by atoms with van der Waals surface area (Å²) < 4.78 is 0. The van der Waals surface area contributed by atoms with Crippen LogP contribution < -0.4 is 0 Å². The Morgan fingerprint density at radius 2 is 1.89 bits per heavy atom. The summed E-state index contributed by atoms with van der Waals surface area (Å²) in [7, 11) is 0. The third kappa shape index (κ3) is 10.5. The molecule has 0 aromatic rings. The van der Waals surface area contributed by atoms with E-state index in [-0.39, 0.29) is 0 Å². The Labute approximate surface area is 115 Å². The van der Waals surface area contributed by atoms with Crippen molar-refractivity contribution in [2.24, 2.45) is 11.8 Å². The highest BCUT2D eigenvalue weighted by molar-refractivity contribution is 5.02. The summed E-state index contributed by atoms with van der Waals surface area (Å²) >= 11 is 0. The van der Waals surface area contributed by atoms with E-state index in [4.69, 9.17) is 0 Å². The van der Waals surface area contributed by atoms with Crippen molar-refractivity contribution in [1.82, 2.24) is 0 Å². The van der Waals surface area contributed by atoms with E-state index in [1.807, 2.05) is 0 Å². The van der Waals surface area contributed by atoms with E-state index in [0.717, 1.165) is 12.3 Å². The van der Waals surface area contributed by atoms with Crippen LogP contribution in [0.25, 0.3) is 0 Å². The smallest absolute Gasteiger partial charge is 0.0174 e. The van der Waals surface area contributed by atoms with Crippen LogP contribution in [-0.2, 0) is 0 Å². The van der Waals surface area contributed by atoms with Gasteiger partial charge in [-0.2, -0.15) is 0 Å². The highest BCUT2D eigenvalue weighted by Gasteiger charge is 2.03. The van der Waals surface area contributed by atoms with Gasteiger partial charge < -0.3 is 0 Å². The summed E-state index contributed by atoms with van der Waals surface area (Å²) in [4.78, 5) is 0. The van der Waals surface area contributed by atoms with Crippen LogP contribution in [0, 0.1) is 23.7 Å². The van der Waals surface area contributed by atoms with Crippen molar-refractivity contribution in [2.75, 3.05) is 0 Å². The number of unbranched alkanes of at least 4 members (excludes halogenated alkanes) is 2. The Bertz CT molecular complexity index is 274. The highest BCUT2D eigenvalue weighted by Crippen LogP contribution is 2.16. The minimum absolute atomic E-state index is 0.570. The predicted octanol–water partition coefficient (Wildman–Crippen LogP) is 5.98. The molecule has 0 aromatic carbocycles. The molecule has 0 nitrogen and oxygen atoms in total. The lowest BCUT2D eigenvalue weighted by atomic mass is 9.95. The molecule has 0 aliphatic heterocycles. The molecule has 104 valence electrons. The first-order valence-electron chi connectivity index (χ1n) is 7.74. The van der Waals surface area contributed by atoms with E-state index in [2.05, 4.69) is 52.5 Å². The second-order valence-corrected chi connectivity index (χ2v) is 5.65. The molecule has 0 fully saturated rings. The molecule has 0 saturated heterocycles. The van der Waals surface area contributed by atoms with Gasteiger partial charge in [-0.1, -0.05) is 45.8 Å². The normalized spacial score (nSPS) is 14.8. The molecule has 2 atom stereocenters. The zero-order chi connectivity index (χ0) is 13.8. The van der Waals surface area contributed by atoms with Gasteiger partial charge in [0.2, 0.25) is 0 Å².